The SMILES string of the molecule is COCCOc1ccc(Br)cc1C1NNC(C)C1C(=O)NN. The second-order valence-electron chi connectivity index (χ2n) is 5.11. The summed E-state index contributed by atoms with van der Waals surface area (Å²) in [5.41, 5.74) is 9.35. The second-order valence-corrected chi connectivity index (χ2v) is 6.03. The Kier molecular flexibility index (Phi) is 6.16. The number of carbonyl (C=O) groups excluding carboxylic acids is 1. The van der Waals surface area contributed by atoms with Crippen LogP contribution in [0.1, 0.15) is 18.5 Å². The van der Waals surface area contributed by atoms with E-state index in [9.17, 15) is 4.79 Å². The van der Waals surface area contributed by atoms with Crippen LogP contribution in [0.5, 0.6) is 5.75 Å². The largest absolute Gasteiger partial charge is 0.491 e. The summed E-state index contributed by atoms with van der Waals surface area (Å²) in [6.45, 7) is 2.86. The first kappa shape index (κ1) is 17.2. The molecule has 5 N–H and O–H groups in total. The van der Waals surface area contributed by atoms with Crippen LogP contribution in [0.3, 0.4) is 0 Å². The lowest BCUT2D eigenvalue weighted by molar-refractivity contribution is -0.125. The third kappa shape index (κ3) is 3.76. The fourth-order valence-electron chi connectivity index (χ4n) is 2.56. The summed E-state index contributed by atoms with van der Waals surface area (Å²) in [6.07, 6.45) is 0. The Hall–Kier alpha value is -1.19. The van der Waals surface area contributed by atoms with E-state index in [1.807, 2.05) is 25.1 Å². The van der Waals surface area contributed by atoms with Gasteiger partial charge in [0, 0.05) is 23.2 Å². The molecule has 122 valence electrons. The van der Waals surface area contributed by atoms with Gasteiger partial charge in [0.25, 0.3) is 0 Å². The lowest BCUT2D eigenvalue weighted by atomic mass is 9.89. The number of methoxy groups -OCH3 is 1. The van der Waals surface area contributed by atoms with Gasteiger partial charge in [0.05, 0.1) is 18.6 Å². The number of hydrogen-bond donors (Lipinski definition) is 4. The summed E-state index contributed by atoms with van der Waals surface area (Å²) in [6, 6.07) is 5.41. The van der Waals surface area contributed by atoms with Crippen LogP contribution in [0.4, 0.5) is 0 Å². The van der Waals surface area contributed by atoms with Gasteiger partial charge >= 0.3 is 0 Å². The minimum absolute atomic E-state index is 0.0562. The highest BCUT2D eigenvalue weighted by molar-refractivity contribution is 9.10. The van der Waals surface area contributed by atoms with Crippen molar-refractivity contribution in [3.05, 3.63) is 28.2 Å². The van der Waals surface area contributed by atoms with Gasteiger partial charge in [-0.2, -0.15) is 0 Å². The second kappa shape index (κ2) is 7.89. The van der Waals surface area contributed by atoms with Crippen molar-refractivity contribution < 1.29 is 14.3 Å². The molecule has 0 aliphatic carbocycles. The van der Waals surface area contributed by atoms with Crippen molar-refractivity contribution in [1.82, 2.24) is 16.3 Å². The van der Waals surface area contributed by atoms with E-state index in [-0.39, 0.29) is 23.9 Å². The van der Waals surface area contributed by atoms with Crippen molar-refractivity contribution in [1.29, 1.82) is 0 Å². The minimum Gasteiger partial charge on any atom is -0.491 e. The Balaban J connectivity index is 2.29. The van der Waals surface area contributed by atoms with Crippen molar-refractivity contribution in [2.45, 2.75) is 19.0 Å². The third-order valence-electron chi connectivity index (χ3n) is 3.66. The molecule has 8 heteroatoms. The molecule has 1 aliphatic heterocycles. The van der Waals surface area contributed by atoms with E-state index in [0.29, 0.717) is 19.0 Å². The number of ether oxygens (including phenoxy) is 2. The monoisotopic (exact) mass is 372 g/mol. The van der Waals surface area contributed by atoms with Gasteiger partial charge in [0.1, 0.15) is 12.4 Å². The van der Waals surface area contributed by atoms with Crippen molar-refractivity contribution in [3.63, 3.8) is 0 Å². The molecule has 0 aromatic heterocycles. The van der Waals surface area contributed by atoms with Gasteiger partial charge in [-0.1, -0.05) is 15.9 Å². The molecule has 1 fully saturated rings. The Morgan fingerprint density at radius 2 is 2.18 bits per heavy atom. The van der Waals surface area contributed by atoms with E-state index < -0.39 is 0 Å². The Bertz CT molecular complexity index is 529. The van der Waals surface area contributed by atoms with E-state index in [0.717, 1.165) is 10.0 Å². The zero-order valence-corrected chi connectivity index (χ0v) is 14.1. The van der Waals surface area contributed by atoms with Gasteiger partial charge in [-0.25, -0.2) is 11.3 Å². The first-order valence-corrected chi connectivity index (χ1v) is 7.80. The number of halogens is 1. The third-order valence-corrected chi connectivity index (χ3v) is 4.15. The summed E-state index contributed by atoms with van der Waals surface area (Å²) < 4.78 is 11.7. The molecule has 0 spiro atoms. The van der Waals surface area contributed by atoms with Gasteiger partial charge in [-0.15, -0.1) is 0 Å². The average Bonchev–Trinajstić information content (AvgIpc) is 2.89. The number of amides is 1. The van der Waals surface area contributed by atoms with Crippen LogP contribution in [0.25, 0.3) is 0 Å². The molecule has 0 radical (unpaired) electrons. The number of hydrogen-bond acceptors (Lipinski definition) is 6. The molecule has 22 heavy (non-hydrogen) atoms. The van der Waals surface area contributed by atoms with Crippen LogP contribution in [0.2, 0.25) is 0 Å². The highest BCUT2D eigenvalue weighted by Gasteiger charge is 2.40. The number of carbonyl (C=O) groups is 1. The zero-order valence-electron chi connectivity index (χ0n) is 12.6. The summed E-state index contributed by atoms with van der Waals surface area (Å²) in [4.78, 5) is 12.1. The van der Waals surface area contributed by atoms with Crippen LogP contribution < -0.4 is 26.9 Å². The molecular formula is C14H21BrN4O3. The lowest BCUT2D eigenvalue weighted by Crippen LogP contribution is -2.41. The maximum atomic E-state index is 12.1. The number of hydrazine groups is 2. The predicted molar refractivity (Wildman–Crippen MR) is 85.8 cm³/mol. The maximum Gasteiger partial charge on any atom is 0.240 e. The normalized spacial score (nSPS) is 24.3. The fraction of sp³-hybridized carbons (Fsp3) is 0.500. The maximum absolute atomic E-state index is 12.1. The molecule has 1 amide bonds. The van der Waals surface area contributed by atoms with Gasteiger partial charge < -0.3 is 9.47 Å². The molecular weight excluding hydrogens is 352 g/mol. The predicted octanol–water partition coefficient (Wildman–Crippen LogP) is 0.618. The van der Waals surface area contributed by atoms with E-state index >= 15 is 0 Å². The van der Waals surface area contributed by atoms with Crippen molar-refractivity contribution in [2.24, 2.45) is 11.8 Å². The molecule has 2 rings (SSSR count). The van der Waals surface area contributed by atoms with E-state index in [4.69, 9.17) is 15.3 Å². The summed E-state index contributed by atoms with van der Waals surface area (Å²) in [5.74, 6) is 5.45. The molecule has 3 atom stereocenters. The fourth-order valence-corrected chi connectivity index (χ4v) is 2.94. The van der Waals surface area contributed by atoms with Gasteiger partial charge in [0.2, 0.25) is 5.91 Å². The molecule has 1 aromatic rings. The average molecular weight is 373 g/mol. The van der Waals surface area contributed by atoms with Crippen LogP contribution in [-0.2, 0) is 9.53 Å². The molecule has 7 nitrogen and oxygen atoms in total. The number of benzene rings is 1. The van der Waals surface area contributed by atoms with Crippen LogP contribution in [0.15, 0.2) is 22.7 Å². The Morgan fingerprint density at radius 1 is 1.41 bits per heavy atom. The first-order chi connectivity index (χ1) is 10.6. The smallest absolute Gasteiger partial charge is 0.240 e. The van der Waals surface area contributed by atoms with Gasteiger partial charge in [-0.05, 0) is 25.1 Å². The van der Waals surface area contributed by atoms with Crippen molar-refractivity contribution >= 4 is 21.8 Å². The molecule has 0 bridgehead atoms. The first-order valence-electron chi connectivity index (χ1n) is 7.01. The van der Waals surface area contributed by atoms with Gasteiger partial charge in [0.15, 0.2) is 0 Å². The quantitative estimate of drug-likeness (QED) is 0.253. The molecule has 1 aliphatic rings. The number of nitrogens with one attached hydrogen (secondary N) is 3. The number of nitrogens with two attached hydrogens (primary N) is 1. The summed E-state index contributed by atoms with van der Waals surface area (Å²) >= 11 is 3.46. The van der Waals surface area contributed by atoms with E-state index in [2.05, 4.69) is 32.2 Å². The van der Waals surface area contributed by atoms with Crippen molar-refractivity contribution in [3.8, 4) is 5.75 Å². The molecule has 1 aromatic carbocycles. The molecule has 1 heterocycles. The highest BCUT2D eigenvalue weighted by atomic mass is 79.9. The summed E-state index contributed by atoms with van der Waals surface area (Å²) in [5, 5.41) is 0. The zero-order chi connectivity index (χ0) is 16.1. The van der Waals surface area contributed by atoms with Gasteiger partial charge in [-0.3, -0.25) is 15.6 Å². The summed E-state index contributed by atoms with van der Waals surface area (Å²) in [7, 11) is 1.62. The topological polar surface area (TPSA) is 97.6 Å². The number of rotatable bonds is 6. The van der Waals surface area contributed by atoms with Crippen LogP contribution >= 0.6 is 15.9 Å². The highest BCUT2D eigenvalue weighted by Crippen LogP contribution is 2.36. The van der Waals surface area contributed by atoms with E-state index in [1.165, 1.54) is 0 Å². The lowest BCUT2D eigenvalue weighted by Gasteiger charge is -2.22. The van der Waals surface area contributed by atoms with E-state index in [1.54, 1.807) is 7.11 Å². The molecule has 1 saturated heterocycles. The van der Waals surface area contributed by atoms with Crippen LogP contribution in [-0.4, -0.2) is 32.3 Å². The van der Waals surface area contributed by atoms with Crippen molar-refractivity contribution in [2.75, 3.05) is 20.3 Å². The Morgan fingerprint density at radius 3 is 2.86 bits per heavy atom. The Labute approximate surface area is 138 Å². The minimum atomic E-state index is -0.343. The molecule has 0 saturated carbocycles. The van der Waals surface area contributed by atoms with Crippen LogP contribution in [0, 0.1) is 5.92 Å². The molecule has 3 unspecified atom stereocenters. The standard InChI is InChI=1S/C14H21BrN4O3/c1-8-12(14(20)17-16)13(19-18-8)10-7-9(15)3-4-11(10)22-6-5-21-2/h3-4,7-8,12-13,18-19H,5-6,16H2,1-2H3,(H,17,20).